The van der Waals surface area contributed by atoms with Gasteiger partial charge in [-0.3, -0.25) is 9.78 Å². The molecule has 0 bridgehead atoms. The van der Waals surface area contributed by atoms with E-state index in [4.69, 9.17) is 16.3 Å². The number of carboxylic acids is 1. The van der Waals surface area contributed by atoms with Gasteiger partial charge in [0, 0.05) is 24.7 Å². The first kappa shape index (κ1) is 26.0. The van der Waals surface area contributed by atoms with Gasteiger partial charge in [0.15, 0.2) is 0 Å². The van der Waals surface area contributed by atoms with Gasteiger partial charge in [-0.05, 0) is 92.8 Å². The number of ether oxygens (including phenoxy) is 1. The van der Waals surface area contributed by atoms with Crippen molar-refractivity contribution in [3.05, 3.63) is 70.9 Å². The number of methoxy groups -OCH3 is 1. The molecule has 3 atom stereocenters. The SMILES string of the molecule is COc1ccc2ncc(Cl)c(CCNC3(C(=O)O)CCCN(CCC4CC4c4ccccc4)CC3)c2c1. The smallest absolute Gasteiger partial charge is 0.323 e. The standard InChI is InChI=1S/C30H36ClN3O3/c1-37-23-8-9-28-26(19-23)24(27(31)20-32-28)10-14-33-30(29(35)36)12-5-15-34(17-13-30)16-11-22-18-25(22)21-6-3-2-4-7-21/h2-4,6-9,19-20,22,25,33H,5,10-18H2,1H3,(H,35,36). The number of aromatic nitrogens is 1. The van der Waals surface area contributed by atoms with Crippen LogP contribution in [0.2, 0.25) is 5.02 Å². The van der Waals surface area contributed by atoms with E-state index >= 15 is 0 Å². The summed E-state index contributed by atoms with van der Waals surface area (Å²) in [5, 5.41) is 15.2. The fourth-order valence-corrected chi connectivity index (χ4v) is 6.16. The van der Waals surface area contributed by atoms with E-state index in [0.29, 0.717) is 36.7 Å². The lowest BCUT2D eigenvalue weighted by Crippen LogP contribution is -2.53. The van der Waals surface area contributed by atoms with Crippen LogP contribution in [0.3, 0.4) is 0 Å². The molecule has 7 heteroatoms. The van der Waals surface area contributed by atoms with E-state index in [1.165, 1.54) is 18.4 Å². The zero-order valence-electron chi connectivity index (χ0n) is 21.5. The molecule has 1 aliphatic heterocycles. The van der Waals surface area contributed by atoms with Crippen molar-refractivity contribution < 1.29 is 14.6 Å². The van der Waals surface area contributed by atoms with Crippen LogP contribution in [0.15, 0.2) is 54.7 Å². The van der Waals surface area contributed by atoms with Gasteiger partial charge in [0.05, 0.1) is 17.6 Å². The molecule has 6 nitrogen and oxygen atoms in total. The van der Waals surface area contributed by atoms with Crippen molar-refractivity contribution in [3.63, 3.8) is 0 Å². The fourth-order valence-electron chi connectivity index (χ4n) is 5.91. The van der Waals surface area contributed by atoms with Gasteiger partial charge in [-0.2, -0.15) is 0 Å². The first-order chi connectivity index (χ1) is 18.0. The number of nitrogens with zero attached hydrogens (tertiary/aromatic N) is 2. The molecule has 2 aliphatic rings. The maximum Gasteiger partial charge on any atom is 0.323 e. The van der Waals surface area contributed by atoms with Crippen molar-refractivity contribution >= 4 is 28.5 Å². The highest BCUT2D eigenvalue weighted by Crippen LogP contribution is 2.49. The molecule has 0 spiro atoms. The highest BCUT2D eigenvalue weighted by atomic mass is 35.5. The summed E-state index contributed by atoms with van der Waals surface area (Å²) < 4.78 is 5.39. The van der Waals surface area contributed by atoms with Gasteiger partial charge in [-0.25, -0.2) is 0 Å². The van der Waals surface area contributed by atoms with Gasteiger partial charge < -0.3 is 20.1 Å². The Morgan fingerprint density at radius 2 is 2.05 bits per heavy atom. The van der Waals surface area contributed by atoms with Crippen molar-refractivity contribution in [1.82, 2.24) is 15.2 Å². The number of carboxylic acid groups (broad SMARTS) is 1. The number of fused-ring (bicyclic) bond motifs is 1. The largest absolute Gasteiger partial charge is 0.497 e. The van der Waals surface area contributed by atoms with Crippen LogP contribution in [0.5, 0.6) is 5.75 Å². The number of halogens is 1. The highest BCUT2D eigenvalue weighted by molar-refractivity contribution is 6.32. The number of nitrogens with one attached hydrogen (secondary N) is 1. The van der Waals surface area contributed by atoms with Crippen molar-refractivity contribution in [2.75, 3.05) is 33.3 Å². The molecule has 3 unspecified atom stereocenters. The van der Waals surface area contributed by atoms with Crippen molar-refractivity contribution in [2.24, 2.45) is 5.92 Å². The Balaban J connectivity index is 1.17. The number of pyridine rings is 1. The molecule has 1 aromatic heterocycles. The van der Waals surface area contributed by atoms with Gasteiger partial charge in [-0.15, -0.1) is 0 Å². The van der Waals surface area contributed by atoms with E-state index < -0.39 is 11.5 Å². The maximum atomic E-state index is 12.5. The molecular weight excluding hydrogens is 486 g/mol. The van der Waals surface area contributed by atoms with E-state index in [2.05, 4.69) is 45.5 Å². The molecular formula is C30H36ClN3O3. The summed E-state index contributed by atoms with van der Waals surface area (Å²) in [4.78, 5) is 19.4. The van der Waals surface area contributed by atoms with Gasteiger partial charge in [0.25, 0.3) is 0 Å². The fraction of sp³-hybridized carbons (Fsp3) is 0.467. The summed E-state index contributed by atoms with van der Waals surface area (Å²) in [7, 11) is 1.64. The van der Waals surface area contributed by atoms with Crippen LogP contribution in [0, 0.1) is 5.92 Å². The Morgan fingerprint density at radius 1 is 1.22 bits per heavy atom. The van der Waals surface area contributed by atoms with E-state index in [9.17, 15) is 9.90 Å². The summed E-state index contributed by atoms with van der Waals surface area (Å²) in [6.45, 7) is 3.34. The molecule has 2 aromatic carbocycles. The van der Waals surface area contributed by atoms with Gasteiger partial charge in [0.2, 0.25) is 0 Å². The Bertz CT molecular complexity index is 1240. The third-order valence-corrected chi connectivity index (χ3v) is 8.61. The van der Waals surface area contributed by atoms with Crippen molar-refractivity contribution in [3.8, 4) is 5.75 Å². The third-order valence-electron chi connectivity index (χ3n) is 8.28. The number of aliphatic carboxylic acids is 1. The second-order valence-corrected chi connectivity index (χ2v) is 10.9. The van der Waals surface area contributed by atoms with Crippen LogP contribution >= 0.6 is 11.6 Å². The molecule has 1 saturated heterocycles. The summed E-state index contributed by atoms with van der Waals surface area (Å²) in [6.07, 6.45) is 6.86. The molecule has 2 N–H and O–H groups in total. The minimum Gasteiger partial charge on any atom is -0.497 e. The Morgan fingerprint density at radius 3 is 2.84 bits per heavy atom. The van der Waals surface area contributed by atoms with Crippen LogP contribution in [0.1, 0.15) is 49.1 Å². The molecule has 2 fully saturated rings. The predicted molar refractivity (Wildman–Crippen MR) is 148 cm³/mol. The summed E-state index contributed by atoms with van der Waals surface area (Å²) in [5.41, 5.74) is 2.36. The van der Waals surface area contributed by atoms with Gasteiger partial charge in [0.1, 0.15) is 11.3 Å². The molecule has 0 amide bonds. The Kier molecular flexibility index (Phi) is 7.98. The van der Waals surface area contributed by atoms with Crippen molar-refractivity contribution in [1.29, 1.82) is 0 Å². The van der Waals surface area contributed by atoms with Crippen molar-refractivity contribution in [2.45, 2.75) is 50.0 Å². The molecule has 3 aromatic rings. The van der Waals surface area contributed by atoms with Crippen LogP contribution < -0.4 is 10.1 Å². The average molecular weight is 522 g/mol. The summed E-state index contributed by atoms with van der Waals surface area (Å²) in [5.74, 6) is 1.45. The molecule has 1 aliphatic carbocycles. The lowest BCUT2D eigenvalue weighted by Gasteiger charge is -2.30. The van der Waals surface area contributed by atoms with Gasteiger partial charge in [-0.1, -0.05) is 41.9 Å². The van der Waals surface area contributed by atoms with Crippen LogP contribution in [0.25, 0.3) is 10.9 Å². The minimum atomic E-state index is -0.909. The van der Waals surface area contributed by atoms with Gasteiger partial charge >= 0.3 is 5.97 Å². The number of carbonyl (C=O) groups is 1. The molecule has 37 heavy (non-hydrogen) atoms. The number of hydrogen-bond donors (Lipinski definition) is 2. The Hall–Kier alpha value is -2.67. The predicted octanol–water partition coefficient (Wildman–Crippen LogP) is 5.53. The normalized spacial score (nSPS) is 24.1. The van der Waals surface area contributed by atoms with E-state index in [0.717, 1.165) is 54.2 Å². The molecule has 0 radical (unpaired) electrons. The monoisotopic (exact) mass is 521 g/mol. The molecule has 1 saturated carbocycles. The van der Waals surface area contributed by atoms with Crippen LogP contribution in [0.4, 0.5) is 0 Å². The topological polar surface area (TPSA) is 74.7 Å². The van der Waals surface area contributed by atoms with E-state index in [1.807, 2.05) is 18.2 Å². The zero-order chi connectivity index (χ0) is 25.8. The molecule has 2 heterocycles. The number of hydrogen-bond acceptors (Lipinski definition) is 5. The lowest BCUT2D eigenvalue weighted by atomic mass is 9.90. The number of likely N-dealkylation sites (tertiary alicyclic amines) is 1. The van der Waals surface area contributed by atoms with E-state index in [1.54, 1.807) is 13.3 Å². The summed E-state index contributed by atoms with van der Waals surface area (Å²) >= 11 is 6.52. The highest BCUT2D eigenvalue weighted by Gasteiger charge is 2.41. The summed E-state index contributed by atoms with van der Waals surface area (Å²) in [6, 6.07) is 16.6. The van der Waals surface area contributed by atoms with Crippen LogP contribution in [-0.2, 0) is 11.2 Å². The maximum absolute atomic E-state index is 12.5. The quantitative estimate of drug-likeness (QED) is 0.365. The number of benzene rings is 2. The first-order valence-corrected chi connectivity index (χ1v) is 13.7. The molecule has 196 valence electrons. The third kappa shape index (κ3) is 5.92. The van der Waals surface area contributed by atoms with E-state index in [-0.39, 0.29) is 0 Å². The Labute approximate surface area is 224 Å². The second kappa shape index (κ2) is 11.4. The lowest BCUT2D eigenvalue weighted by molar-refractivity contribution is -0.145. The average Bonchev–Trinajstić information content (AvgIpc) is 3.72. The zero-order valence-corrected chi connectivity index (χ0v) is 22.2. The van der Waals surface area contributed by atoms with Crippen LogP contribution in [-0.4, -0.2) is 59.8 Å². The second-order valence-electron chi connectivity index (χ2n) is 10.5. The molecule has 5 rings (SSSR count). The first-order valence-electron chi connectivity index (χ1n) is 13.4. The number of rotatable bonds is 10. The minimum absolute atomic E-state index is 0.531.